The van der Waals surface area contributed by atoms with Gasteiger partial charge in [-0.15, -0.1) is 0 Å². The zero-order chi connectivity index (χ0) is 13.1. The predicted molar refractivity (Wildman–Crippen MR) is 70.5 cm³/mol. The van der Waals surface area contributed by atoms with Crippen molar-refractivity contribution in [1.82, 2.24) is 0 Å². The highest BCUT2D eigenvalue weighted by Crippen LogP contribution is 2.32. The Hall–Kier alpha value is -1.82. The van der Waals surface area contributed by atoms with E-state index in [2.05, 4.69) is 0 Å². The largest absolute Gasteiger partial charge is 0.378 e. The average molecular weight is 251 g/mol. The molecule has 0 atom stereocenters. The second-order valence-electron chi connectivity index (χ2n) is 4.42. The SMILES string of the molecule is CN(C)c1ccc([N+](=O)[O-])c(N2CCOCC2)c1. The van der Waals surface area contributed by atoms with Crippen molar-refractivity contribution < 1.29 is 9.66 Å². The third kappa shape index (κ3) is 2.53. The fraction of sp³-hybridized carbons (Fsp3) is 0.500. The summed E-state index contributed by atoms with van der Waals surface area (Å²) in [6.45, 7) is 2.61. The molecule has 0 N–H and O–H groups in total. The van der Waals surface area contributed by atoms with Gasteiger partial charge in [-0.1, -0.05) is 0 Å². The first-order valence-corrected chi connectivity index (χ1v) is 5.88. The highest BCUT2D eigenvalue weighted by Gasteiger charge is 2.22. The summed E-state index contributed by atoms with van der Waals surface area (Å²) in [5, 5.41) is 11.1. The van der Waals surface area contributed by atoms with Crippen LogP contribution in [0.3, 0.4) is 0 Å². The standard InChI is InChI=1S/C12H17N3O3/c1-13(2)10-3-4-11(15(16)17)12(9-10)14-5-7-18-8-6-14/h3-4,9H,5-8H2,1-2H3. The number of nitro benzene ring substituents is 1. The van der Waals surface area contributed by atoms with Gasteiger partial charge >= 0.3 is 0 Å². The van der Waals surface area contributed by atoms with E-state index < -0.39 is 0 Å². The van der Waals surface area contributed by atoms with Crippen molar-refractivity contribution in [2.24, 2.45) is 0 Å². The van der Waals surface area contributed by atoms with Gasteiger partial charge in [0.2, 0.25) is 0 Å². The topological polar surface area (TPSA) is 58.8 Å². The van der Waals surface area contributed by atoms with Crippen LogP contribution in [-0.2, 0) is 4.74 Å². The molecule has 1 saturated heterocycles. The van der Waals surface area contributed by atoms with E-state index in [4.69, 9.17) is 4.74 Å². The third-order valence-corrected chi connectivity index (χ3v) is 3.02. The van der Waals surface area contributed by atoms with Gasteiger partial charge in [-0.3, -0.25) is 10.1 Å². The Kier molecular flexibility index (Phi) is 3.66. The maximum Gasteiger partial charge on any atom is 0.292 e. The minimum atomic E-state index is -0.329. The summed E-state index contributed by atoms with van der Waals surface area (Å²) in [6.07, 6.45) is 0. The van der Waals surface area contributed by atoms with Gasteiger partial charge in [-0.05, 0) is 12.1 Å². The minimum Gasteiger partial charge on any atom is -0.378 e. The minimum absolute atomic E-state index is 0.155. The molecular formula is C12H17N3O3. The van der Waals surface area contributed by atoms with Gasteiger partial charge in [0.15, 0.2) is 0 Å². The molecule has 0 bridgehead atoms. The van der Waals surface area contributed by atoms with Crippen LogP contribution in [0.15, 0.2) is 18.2 Å². The Morgan fingerprint density at radius 3 is 2.56 bits per heavy atom. The number of benzene rings is 1. The molecule has 0 aromatic heterocycles. The quantitative estimate of drug-likeness (QED) is 0.602. The number of ether oxygens (including phenoxy) is 1. The number of morpholine rings is 1. The molecule has 98 valence electrons. The van der Waals surface area contributed by atoms with Crippen LogP contribution in [-0.4, -0.2) is 45.3 Å². The predicted octanol–water partition coefficient (Wildman–Crippen LogP) is 1.50. The molecule has 1 aromatic carbocycles. The molecule has 0 aliphatic carbocycles. The van der Waals surface area contributed by atoms with Crippen molar-refractivity contribution in [3.05, 3.63) is 28.3 Å². The molecule has 1 fully saturated rings. The van der Waals surface area contributed by atoms with E-state index in [1.165, 1.54) is 0 Å². The number of rotatable bonds is 3. The number of nitrogens with zero attached hydrogens (tertiary/aromatic N) is 3. The van der Waals surface area contributed by atoms with Crippen molar-refractivity contribution in [2.45, 2.75) is 0 Å². The van der Waals surface area contributed by atoms with Crippen molar-refractivity contribution in [2.75, 3.05) is 50.2 Å². The lowest BCUT2D eigenvalue weighted by Gasteiger charge is -2.29. The van der Waals surface area contributed by atoms with Crippen LogP contribution in [0.1, 0.15) is 0 Å². The van der Waals surface area contributed by atoms with E-state index >= 15 is 0 Å². The zero-order valence-electron chi connectivity index (χ0n) is 10.6. The summed E-state index contributed by atoms with van der Waals surface area (Å²) in [6, 6.07) is 5.20. The molecule has 2 rings (SSSR count). The first kappa shape index (κ1) is 12.6. The smallest absolute Gasteiger partial charge is 0.292 e. The first-order valence-electron chi connectivity index (χ1n) is 5.88. The fourth-order valence-corrected chi connectivity index (χ4v) is 2.00. The van der Waals surface area contributed by atoms with E-state index in [-0.39, 0.29) is 10.6 Å². The maximum absolute atomic E-state index is 11.1. The zero-order valence-corrected chi connectivity index (χ0v) is 10.6. The Morgan fingerprint density at radius 1 is 1.33 bits per heavy atom. The summed E-state index contributed by atoms with van der Waals surface area (Å²) in [7, 11) is 3.84. The molecule has 0 saturated carbocycles. The summed E-state index contributed by atoms with van der Waals surface area (Å²) in [5.41, 5.74) is 1.79. The maximum atomic E-state index is 11.1. The van der Waals surface area contributed by atoms with Gasteiger partial charge in [0.05, 0.1) is 18.1 Å². The molecule has 1 aliphatic heterocycles. The Morgan fingerprint density at radius 2 is 2.00 bits per heavy atom. The van der Waals surface area contributed by atoms with Crippen LogP contribution >= 0.6 is 0 Å². The van der Waals surface area contributed by atoms with E-state index in [0.29, 0.717) is 32.0 Å². The van der Waals surface area contributed by atoms with Gasteiger partial charge in [0.25, 0.3) is 5.69 Å². The van der Waals surface area contributed by atoms with Crippen LogP contribution in [0.2, 0.25) is 0 Å². The summed E-state index contributed by atoms with van der Waals surface area (Å²) >= 11 is 0. The van der Waals surface area contributed by atoms with Crippen molar-refractivity contribution in [1.29, 1.82) is 0 Å². The van der Waals surface area contributed by atoms with E-state index in [1.54, 1.807) is 12.1 Å². The average Bonchev–Trinajstić information content (AvgIpc) is 2.39. The van der Waals surface area contributed by atoms with Crippen LogP contribution in [0.25, 0.3) is 0 Å². The van der Waals surface area contributed by atoms with E-state index in [9.17, 15) is 10.1 Å². The molecule has 0 amide bonds. The number of hydrogen-bond donors (Lipinski definition) is 0. The van der Waals surface area contributed by atoms with Crippen LogP contribution in [0.5, 0.6) is 0 Å². The molecule has 0 radical (unpaired) electrons. The van der Waals surface area contributed by atoms with Gasteiger partial charge in [0.1, 0.15) is 5.69 Å². The van der Waals surface area contributed by atoms with Crippen LogP contribution < -0.4 is 9.80 Å². The van der Waals surface area contributed by atoms with Crippen LogP contribution in [0.4, 0.5) is 17.1 Å². The lowest BCUT2D eigenvalue weighted by molar-refractivity contribution is -0.384. The molecule has 1 heterocycles. The normalized spacial score (nSPS) is 15.6. The van der Waals surface area contributed by atoms with Gasteiger partial charge < -0.3 is 14.5 Å². The third-order valence-electron chi connectivity index (χ3n) is 3.02. The molecule has 1 aromatic rings. The van der Waals surface area contributed by atoms with Crippen LogP contribution in [0, 0.1) is 10.1 Å². The molecule has 6 nitrogen and oxygen atoms in total. The van der Waals surface area contributed by atoms with Crippen molar-refractivity contribution in [3.8, 4) is 0 Å². The Bertz CT molecular complexity index is 442. The van der Waals surface area contributed by atoms with Crippen molar-refractivity contribution >= 4 is 17.1 Å². The lowest BCUT2D eigenvalue weighted by atomic mass is 10.2. The molecular weight excluding hydrogens is 234 g/mol. The van der Waals surface area contributed by atoms with E-state index in [0.717, 1.165) is 5.69 Å². The Labute approximate surface area is 106 Å². The number of hydrogen-bond acceptors (Lipinski definition) is 5. The summed E-state index contributed by atoms with van der Waals surface area (Å²) < 4.78 is 5.28. The molecule has 1 aliphatic rings. The van der Waals surface area contributed by atoms with Gasteiger partial charge in [-0.2, -0.15) is 0 Å². The summed E-state index contributed by atoms with van der Waals surface area (Å²) in [4.78, 5) is 14.7. The van der Waals surface area contributed by atoms with Crippen molar-refractivity contribution in [3.63, 3.8) is 0 Å². The monoisotopic (exact) mass is 251 g/mol. The van der Waals surface area contributed by atoms with Gasteiger partial charge in [-0.25, -0.2) is 0 Å². The first-order chi connectivity index (χ1) is 8.59. The fourth-order valence-electron chi connectivity index (χ4n) is 2.00. The van der Waals surface area contributed by atoms with Gasteiger partial charge in [0, 0.05) is 38.9 Å². The second-order valence-corrected chi connectivity index (χ2v) is 4.42. The highest BCUT2D eigenvalue weighted by molar-refractivity contribution is 5.70. The Balaban J connectivity index is 2.39. The molecule has 0 spiro atoms. The van der Waals surface area contributed by atoms with E-state index in [1.807, 2.05) is 30.0 Å². The summed E-state index contributed by atoms with van der Waals surface area (Å²) in [5.74, 6) is 0. The highest BCUT2D eigenvalue weighted by atomic mass is 16.6. The second kappa shape index (κ2) is 5.22. The number of anilines is 2. The lowest BCUT2D eigenvalue weighted by Crippen LogP contribution is -2.36. The molecule has 6 heteroatoms. The molecule has 18 heavy (non-hydrogen) atoms. The number of nitro groups is 1. The molecule has 0 unspecified atom stereocenters.